The predicted molar refractivity (Wildman–Crippen MR) is 93.2 cm³/mol. The highest BCUT2D eigenvalue weighted by atomic mass is 32.1. The van der Waals surface area contributed by atoms with E-state index in [0.29, 0.717) is 5.92 Å². The molecule has 0 aliphatic carbocycles. The molecule has 1 aliphatic heterocycles. The molecule has 0 N–H and O–H groups in total. The van der Waals surface area contributed by atoms with Crippen molar-refractivity contribution in [3.05, 3.63) is 41.7 Å². The van der Waals surface area contributed by atoms with E-state index >= 15 is 0 Å². The zero-order chi connectivity index (χ0) is 16.2. The van der Waals surface area contributed by atoms with Crippen LogP contribution in [0, 0.1) is 0 Å². The van der Waals surface area contributed by atoms with E-state index in [-0.39, 0.29) is 5.91 Å². The molecule has 1 saturated heterocycles. The number of aromatic nitrogens is 2. The van der Waals surface area contributed by atoms with Crippen LogP contribution in [0.5, 0.6) is 0 Å². The Labute approximate surface area is 141 Å². The Kier molecular flexibility index (Phi) is 4.91. The second-order valence-corrected chi connectivity index (χ2v) is 6.82. The SMILES string of the molecule is CC(C)c1nsc(N2CCCN(C(=O)c3ccccc3)CC2)n1. The monoisotopic (exact) mass is 330 g/mol. The number of carbonyl (C=O) groups excluding carboxylic acids is 1. The first-order valence-corrected chi connectivity index (χ1v) is 8.85. The Hall–Kier alpha value is -1.95. The van der Waals surface area contributed by atoms with Crippen molar-refractivity contribution in [2.45, 2.75) is 26.2 Å². The van der Waals surface area contributed by atoms with Gasteiger partial charge in [0.2, 0.25) is 5.13 Å². The van der Waals surface area contributed by atoms with Gasteiger partial charge in [-0.15, -0.1) is 0 Å². The van der Waals surface area contributed by atoms with Gasteiger partial charge in [0.25, 0.3) is 5.91 Å². The van der Waals surface area contributed by atoms with Gasteiger partial charge in [0, 0.05) is 49.2 Å². The second kappa shape index (κ2) is 7.08. The van der Waals surface area contributed by atoms with E-state index < -0.39 is 0 Å². The first kappa shape index (κ1) is 15.9. The Morgan fingerprint density at radius 2 is 1.91 bits per heavy atom. The minimum absolute atomic E-state index is 0.118. The molecule has 1 aromatic heterocycles. The van der Waals surface area contributed by atoms with E-state index in [1.54, 1.807) is 0 Å². The lowest BCUT2D eigenvalue weighted by Crippen LogP contribution is -2.35. The van der Waals surface area contributed by atoms with E-state index in [1.807, 2.05) is 35.2 Å². The van der Waals surface area contributed by atoms with Gasteiger partial charge >= 0.3 is 0 Å². The Bertz CT molecular complexity index is 656. The van der Waals surface area contributed by atoms with Crippen molar-refractivity contribution >= 4 is 22.6 Å². The molecule has 2 heterocycles. The molecule has 0 bridgehead atoms. The molecular weight excluding hydrogens is 308 g/mol. The normalized spacial score (nSPS) is 15.8. The van der Waals surface area contributed by atoms with Gasteiger partial charge < -0.3 is 9.80 Å². The Morgan fingerprint density at radius 3 is 2.61 bits per heavy atom. The molecule has 1 aromatic carbocycles. The summed E-state index contributed by atoms with van der Waals surface area (Å²) in [5, 5.41) is 0.975. The van der Waals surface area contributed by atoms with E-state index in [1.165, 1.54) is 11.5 Å². The highest BCUT2D eigenvalue weighted by Gasteiger charge is 2.22. The summed E-state index contributed by atoms with van der Waals surface area (Å²) in [6.45, 7) is 7.46. The van der Waals surface area contributed by atoms with Crippen molar-refractivity contribution in [3.8, 4) is 0 Å². The molecule has 3 rings (SSSR count). The Balaban J connectivity index is 1.66. The number of rotatable bonds is 3. The predicted octanol–water partition coefficient (Wildman–Crippen LogP) is 3.01. The molecular formula is C17H22N4OS. The van der Waals surface area contributed by atoms with Gasteiger partial charge in [-0.3, -0.25) is 4.79 Å². The lowest BCUT2D eigenvalue weighted by molar-refractivity contribution is 0.0767. The second-order valence-electron chi connectivity index (χ2n) is 6.09. The minimum Gasteiger partial charge on any atom is -0.345 e. The van der Waals surface area contributed by atoms with Crippen LogP contribution in [0.2, 0.25) is 0 Å². The molecule has 0 spiro atoms. The maximum atomic E-state index is 12.6. The minimum atomic E-state index is 0.118. The van der Waals surface area contributed by atoms with Crippen LogP contribution in [0.15, 0.2) is 30.3 Å². The van der Waals surface area contributed by atoms with Crippen LogP contribution in [0.4, 0.5) is 5.13 Å². The van der Waals surface area contributed by atoms with Crippen LogP contribution in [-0.2, 0) is 0 Å². The van der Waals surface area contributed by atoms with Crippen LogP contribution in [-0.4, -0.2) is 46.3 Å². The first-order valence-electron chi connectivity index (χ1n) is 8.08. The fourth-order valence-corrected chi connectivity index (χ4v) is 3.52. The van der Waals surface area contributed by atoms with Gasteiger partial charge in [-0.2, -0.15) is 4.37 Å². The highest BCUT2D eigenvalue weighted by Crippen LogP contribution is 2.22. The van der Waals surface area contributed by atoms with Crippen LogP contribution in [0.25, 0.3) is 0 Å². The molecule has 122 valence electrons. The summed E-state index contributed by atoms with van der Waals surface area (Å²) in [4.78, 5) is 21.4. The number of carbonyl (C=O) groups is 1. The smallest absolute Gasteiger partial charge is 0.253 e. The lowest BCUT2D eigenvalue weighted by Gasteiger charge is -2.21. The fourth-order valence-electron chi connectivity index (χ4n) is 2.66. The third kappa shape index (κ3) is 3.69. The number of amides is 1. The van der Waals surface area contributed by atoms with Gasteiger partial charge in [-0.1, -0.05) is 32.0 Å². The van der Waals surface area contributed by atoms with Crippen molar-refractivity contribution in [1.29, 1.82) is 0 Å². The van der Waals surface area contributed by atoms with Gasteiger partial charge in [0.15, 0.2) is 0 Å². The summed E-state index contributed by atoms with van der Waals surface area (Å²) in [6, 6.07) is 9.51. The molecule has 23 heavy (non-hydrogen) atoms. The molecule has 0 saturated carbocycles. The molecule has 2 aromatic rings. The zero-order valence-electron chi connectivity index (χ0n) is 13.6. The van der Waals surface area contributed by atoms with E-state index in [4.69, 9.17) is 0 Å². The molecule has 6 heteroatoms. The number of hydrogen-bond acceptors (Lipinski definition) is 5. The number of nitrogens with zero attached hydrogens (tertiary/aromatic N) is 4. The fraction of sp³-hybridized carbons (Fsp3) is 0.471. The number of anilines is 1. The quantitative estimate of drug-likeness (QED) is 0.868. The van der Waals surface area contributed by atoms with Crippen molar-refractivity contribution in [3.63, 3.8) is 0 Å². The van der Waals surface area contributed by atoms with Gasteiger partial charge in [0.05, 0.1) is 0 Å². The van der Waals surface area contributed by atoms with Crippen molar-refractivity contribution in [2.24, 2.45) is 0 Å². The standard InChI is InChI=1S/C17H22N4OS/c1-13(2)15-18-17(23-19-15)21-10-6-9-20(11-12-21)16(22)14-7-4-3-5-8-14/h3-5,7-8,13H,6,9-12H2,1-2H3. The van der Waals surface area contributed by atoms with Crippen molar-refractivity contribution in [2.75, 3.05) is 31.1 Å². The van der Waals surface area contributed by atoms with Crippen molar-refractivity contribution in [1.82, 2.24) is 14.3 Å². The average Bonchev–Trinajstić information content (AvgIpc) is 2.94. The third-order valence-electron chi connectivity index (χ3n) is 4.02. The zero-order valence-corrected chi connectivity index (χ0v) is 14.4. The van der Waals surface area contributed by atoms with Gasteiger partial charge in [-0.05, 0) is 18.6 Å². The summed E-state index contributed by atoms with van der Waals surface area (Å²) in [5.41, 5.74) is 0.763. The number of hydrogen-bond donors (Lipinski definition) is 0. The van der Waals surface area contributed by atoms with Crippen LogP contribution in [0.3, 0.4) is 0 Å². The highest BCUT2D eigenvalue weighted by molar-refractivity contribution is 7.09. The maximum absolute atomic E-state index is 12.6. The molecule has 0 radical (unpaired) electrons. The van der Waals surface area contributed by atoms with Gasteiger partial charge in [0.1, 0.15) is 5.82 Å². The van der Waals surface area contributed by atoms with E-state index in [9.17, 15) is 4.79 Å². The van der Waals surface area contributed by atoms with E-state index in [2.05, 4.69) is 28.1 Å². The van der Waals surface area contributed by atoms with Crippen LogP contribution < -0.4 is 4.90 Å². The maximum Gasteiger partial charge on any atom is 0.253 e. The summed E-state index contributed by atoms with van der Waals surface area (Å²) in [7, 11) is 0. The molecule has 5 nitrogen and oxygen atoms in total. The number of benzene rings is 1. The van der Waals surface area contributed by atoms with Gasteiger partial charge in [-0.25, -0.2) is 4.98 Å². The van der Waals surface area contributed by atoms with E-state index in [0.717, 1.165) is 49.1 Å². The third-order valence-corrected chi connectivity index (χ3v) is 4.81. The summed E-state index contributed by atoms with van der Waals surface area (Å²) < 4.78 is 4.43. The summed E-state index contributed by atoms with van der Waals surface area (Å²) in [6.07, 6.45) is 0.954. The topological polar surface area (TPSA) is 49.3 Å². The average molecular weight is 330 g/mol. The first-order chi connectivity index (χ1) is 11.1. The molecule has 0 atom stereocenters. The summed E-state index contributed by atoms with van der Waals surface area (Å²) >= 11 is 1.46. The van der Waals surface area contributed by atoms with Crippen LogP contribution >= 0.6 is 11.5 Å². The summed E-state index contributed by atoms with van der Waals surface area (Å²) in [5.74, 6) is 1.38. The van der Waals surface area contributed by atoms with Crippen molar-refractivity contribution < 1.29 is 4.79 Å². The lowest BCUT2D eigenvalue weighted by atomic mass is 10.2. The Morgan fingerprint density at radius 1 is 1.13 bits per heavy atom. The molecule has 1 fully saturated rings. The molecule has 0 unspecified atom stereocenters. The molecule has 1 amide bonds. The largest absolute Gasteiger partial charge is 0.345 e. The van der Waals surface area contributed by atoms with Crippen LogP contribution in [0.1, 0.15) is 42.4 Å². The molecule has 1 aliphatic rings.